The molecular formula is C7H12F3NOS. The molecule has 0 saturated carbocycles. The molecule has 1 fully saturated rings. The molecule has 78 valence electrons. The third-order valence-electron chi connectivity index (χ3n) is 2.07. The minimum Gasteiger partial charge on any atom is -0.394 e. The summed E-state index contributed by atoms with van der Waals surface area (Å²) in [5.41, 5.74) is -0.708. The maximum atomic E-state index is 11.9. The summed E-state index contributed by atoms with van der Waals surface area (Å²) in [6.07, 6.45) is -3.60. The molecule has 1 atom stereocenters. The molecule has 0 amide bonds. The van der Waals surface area contributed by atoms with Crippen molar-refractivity contribution in [3.05, 3.63) is 0 Å². The molecule has 0 aliphatic carbocycles. The van der Waals surface area contributed by atoms with Gasteiger partial charge in [0.1, 0.15) is 0 Å². The van der Waals surface area contributed by atoms with Gasteiger partial charge in [0.25, 0.3) is 0 Å². The van der Waals surface area contributed by atoms with Crippen molar-refractivity contribution in [3.63, 3.8) is 0 Å². The Labute approximate surface area is 78.9 Å². The summed E-state index contributed by atoms with van der Waals surface area (Å²) in [7, 11) is 0. The summed E-state index contributed by atoms with van der Waals surface area (Å²) in [6, 6.07) is 0. The number of aliphatic hydroxyl groups excluding tert-OH is 1. The molecule has 1 saturated heterocycles. The van der Waals surface area contributed by atoms with Crippen molar-refractivity contribution < 1.29 is 18.3 Å². The number of hydrogen-bond acceptors (Lipinski definition) is 3. The minimum atomic E-state index is -4.20. The summed E-state index contributed by atoms with van der Waals surface area (Å²) in [5.74, 6) is 1.37. The van der Waals surface area contributed by atoms with Gasteiger partial charge < -0.3 is 10.4 Å². The fraction of sp³-hybridized carbons (Fsp3) is 1.00. The van der Waals surface area contributed by atoms with Crippen LogP contribution in [0.25, 0.3) is 0 Å². The number of aliphatic hydroxyl groups is 1. The van der Waals surface area contributed by atoms with E-state index in [0.717, 1.165) is 5.75 Å². The zero-order chi connectivity index (χ0) is 9.95. The van der Waals surface area contributed by atoms with E-state index in [2.05, 4.69) is 5.32 Å². The molecule has 1 heterocycles. The monoisotopic (exact) mass is 215 g/mol. The molecule has 0 aromatic carbocycles. The maximum Gasteiger partial charge on any atom is 0.401 e. The molecule has 0 aromatic heterocycles. The molecule has 1 aliphatic heterocycles. The smallest absolute Gasteiger partial charge is 0.394 e. The SMILES string of the molecule is OCC1(NCC(F)(F)F)CCSC1. The molecule has 2 N–H and O–H groups in total. The Morgan fingerprint density at radius 2 is 2.15 bits per heavy atom. The van der Waals surface area contributed by atoms with Crippen LogP contribution in [0.15, 0.2) is 0 Å². The average molecular weight is 215 g/mol. The first kappa shape index (κ1) is 11.1. The van der Waals surface area contributed by atoms with Gasteiger partial charge in [0.05, 0.1) is 18.7 Å². The molecule has 1 rings (SSSR count). The molecule has 1 aliphatic rings. The van der Waals surface area contributed by atoms with Gasteiger partial charge in [0.2, 0.25) is 0 Å². The van der Waals surface area contributed by atoms with Gasteiger partial charge in [-0.05, 0) is 12.2 Å². The molecule has 1 unspecified atom stereocenters. The third kappa shape index (κ3) is 3.36. The maximum absolute atomic E-state index is 11.9. The molecule has 0 radical (unpaired) electrons. The second-order valence-electron chi connectivity index (χ2n) is 3.21. The van der Waals surface area contributed by atoms with Gasteiger partial charge in [-0.1, -0.05) is 0 Å². The highest BCUT2D eigenvalue weighted by Gasteiger charge is 2.37. The lowest BCUT2D eigenvalue weighted by atomic mass is 10.0. The Morgan fingerprint density at radius 3 is 2.54 bits per heavy atom. The van der Waals surface area contributed by atoms with Crippen LogP contribution in [-0.2, 0) is 0 Å². The standard InChI is InChI=1S/C7H12F3NOS/c8-7(9,10)3-11-6(4-12)1-2-13-5-6/h11-12H,1-5H2. The van der Waals surface area contributed by atoms with Gasteiger partial charge in [-0.25, -0.2) is 0 Å². The highest BCUT2D eigenvalue weighted by Crippen LogP contribution is 2.28. The van der Waals surface area contributed by atoms with Crippen LogP contribution < -0.4 is 5.32 Å². The van der Waals surface area contributed by atoms with E-state index in [0.29, 0.717) is 12.2 Å². The van der Waals surface area contributed by atoms with E-state index in [1.807, 2.05) is 0 Å². The quantitative estimate of drug-likeness (QED) is 0.737. The van der Waals surface area contributed by atoms with Gasteiger partial charge in [-0.3, -0.25) is 0 Å². The van der Waals surface area contributed by atoms with Crippen molar-refractivity contribution in [2.75, 3.05) is 24.7 Å². The van der Waals surface area contributed by atoms with Crippen LogP contribution in [0.4, 0.5) is 13.2 Å². The number of halogens is 3. The van der Waals surface area contributed by atoms with E-state index >= 15 is 0 Å². The van der Waals surface area contributed by atoms with Crippen molar-refractivity contribution in [2.24, 2.45) is 0 Å². The summed E-state index contributed by atoms with van der Waals surface area (Å²) in [5, 5.41) is 11.4. The van der Waals surface area contributed by atoms with Gasteiger partial charge in [0, 0.05) is 5.75 Å². The van der Waals surface area contributed by atoms with Crippen LogP contribution in [-0.4, -0.2) is 41.5 Å². The van der Waals surface area contributed by atoms with Crippen LogP contribution in [0.5, 0.6) is 0 Å². The first-order valence-electron chi connectivity index (χ1n) is 3.98. The Kier molecular flexibility index (Phi) is 3.48. The molecule has 13 heavy (non-hydrogen) atoms. The number of nitrogens with one attached hydrogen (secondary N) is 1. The fourth-order valence-corrected chi connectivity index (χ4v) is 2.62. The zero-order valence-corrected chi connectivity index (χ0v) is 7.84. The summed E-state index contributed by atoms with van der Waals surface area (Å²) in [6.45, 7) is -1.25. The lowest BCUT2D eigenvalue weighted by Crippen LogP contribution is -2.51. The Morgan fingerprint density at radius 1 is 1.46 bits per heavy atom. The van der Waals surface area contributed by atoms with E-state index in [1.165, 1.54) is 0 Å². The number of hydrogen-bond donors (Lipinski definition) is 2. The van der Waals surface area contributed by atoms with E-state index in [1.54, 1.807) is 11.8 Å². The summed E-state index contributed by atoms with van der Waals surface area (Å²) in [4.78, 5) is 0. The van der Waals surface area contributed by atoms with E-state index in [-0.39, 0.29) is 6.61 Å². The Hall–Kier alpha value is 0.0600. The summed E-state index contributed by atoms with van der Waals surface area (Å²) < 4.78 is 35.6. The van der Waals surface area contributed by atoms with Crippen LogP contribution in [0, 0.1) is 0 Å². The Bertz CT molecular complexity index is 168. The summed E-state index contributed by atoms with van der Waals surface area (Å²) >= 11 is 1.57. The highest BCUT2D eigenvalue weighted by atomic mass is 32.2. The topological polar surface area (TPSA) is 32.3 Å². The number of rotatable bonds is 3. The zero-order valence-electron chi connectivity index (χ0n) is 7.02. The lowest BCUT2D eigenvalue weighted by Gasteiger charge is -2.27. The van der Waals surface area contributed by atoms with E-state index < -0.39 is 18.3 Å². The molecule has 0 bridgehead atoms. The van der Waals surface area contributed by atoms with Gasteiger partial charge in [-0.15, -0.1) is 0 Å². The predicted octanol–water partition coefficient (Wildman–Crippen LogP) is 1.01. The predicted molar refractivity (Wildman–Crippen MR) is 45.8 cm³/mol. The Balaban J connectivity index is 2.40. The van der Waals surface area contributed by atoms with Crippen molar-refractivity contribution >= 4 is 11.8 Å². The average Bonchev–Trinajstić information content (AvgIpc) is 2.49. The molecular weight excluding hydrogens is 203 g/mol. The second-order valence-corrected chi connectivity index (χ2v) is 4.31. The third-order valence-corrected chi connectivity index (χ3v) is 3.32. The number of alkyl halides is 3. The van der Waals surface area contributed by atoms with Crippen molar-refractivity contribution in [1.29, 1.82) is 0 Å². The largest absolute Gasteiger partial charge is 0.401 e. The van der Waals surface area contributed by atoms with Crippen LogP contribution in [0.3, 0.4) is 0 Å². The van der Waals surface area contributed by atoms with Crippen molar-refractivity contribution in [1.82, 2.24) is 5.32 Å². The highest BCUT2D eigenvalue weighted by molar-refractivity contribution is 7.99. The van der Waals surface area contributed by atoms with Gasteiger partial charge in [-0.2, -0.15) is 24.9 Å². The van der Waals surface area contributed by atoms with Crippen molar-refractivity contribution in [2.45, 2.75) is 18.1 Å². The van der Waals surface area contributed by atoms with E-state index in [4.69, 9.17) is 5.11 Å². The molecule has 0 spiro atoms. The molecule has 2 nitrogen and oxygen atoms in total. The van der Waals surface area contributed by atoms with Crippen molar-refractivity contribution in [3.8, 4) is 0 Å². The fourth-order valence-electron chi connectivity index (χ4n) is 1.21. The number of thioether (sulfide) groups is 1. The first-order valence-corrected chi connectivity index (χ1v) is 5.13. The van der Waals surface area contributed by atoms with E-state index in [9.17, 15) is 13.2 Å². The lowest BCUT2D eigenvalue weighted by molar-refractivity contribution is -0.129. The van der Waals surface area contributed by atoms with Crippen LogP contribution in [0.1, 0.15) is 6.42 Å². The minimum absolute atomic E-state index is 0.226. The van der Waals surface area contributed by atoms with Gasteiger partial charge in [0.15, 0.2) is 0 Å². The van der Waals surface area contributed by atoms with Gasteiger partial charge >= 0.3 is 6.18 Å². The first-order chi connectivity index (χ1) is 5.97. The molecule has 6 heteroatoms. The van der Waals surface area contributed by atoms with Crippen LogP contribution in [0.2, 0.25) is 0 Å². The second kappa shape index (κ2) is 4.06. The van der Waals surface area contributed by atoms with Crippen LogP contribution >= 0.6 is 11.8 Å². The normalized spacial score (nSPS) is 29.5. The molecule has 0 aromatic rings.